The number of nitrogens with zero attached hydrogens (tertiary/aromatic N) is 1. The van der Waals surface area contributed by atoms with Crippen LogP contribution in [-0.2, 0) is 13.0 Å². The zero-order chi connectivity index (χ0) is 19.3. The van der Waals surface area contributed by atoms with Gasteiger partial charge in [-0.25, -0.2) is 0 Å². The first-order valence-electron chi connectivity index (χ1n) is 9.79. The second-order valence-corrected chi connectivity index (χ2v) is 7.56. The van der Waals surface area contributed by atoms with E-state index in [0.717, 1.165) is 59.6 Å². The molecule has 5 rings (SSSR count). The molecule has 28 heavy (non-hydrogen) atoms. The Morgan fingerprint density at radius 1 is 0.964 bits per heavy atom. The van der Waals surface area contributed by atoms with Crippen LogP contribution in [0.1, 0.15) is 28.9 Å². The Kier molecular flexibility index (Phi) is 4.00. The van der Waals surface area contributed by atoms with Crippen LogP contribution in [0.3, 0.4) is 0 Å². The number of Topliss-reactive ketones (excluding diaryl/α,β-unsaturated/α-hetero) is 1. The lowest BCUT2D eigenvalue weighted by atomic mass is 9.97. The van der Waals surface area contributed by atoms with E-state index in [1.165, 1.54) is 5.56 Å². The molecule has 1 aliphatic heterocycles. The molecule has 2 aliphatic rings. The van der Waals surface area contributed by atoms with Gasteiger partial charge in [-0.05, 0) is 48.6 Å². The van der Waals surface area contributed by atoms with E-state index in [0.29, 0.717) is 5.75 Å². The SMILES string of the molecule is COc1cc2c(cc1OC)-c1cc(-c3ccccc3)c(C(=O)C3CC3)n1CC2. The predicted molar refractivity (Wildman–Crippen MR) is 109 cm³/mol. The van der Waals surface area contributed by atoms with Crippen molar-refractivity contribution < 1.29 is 14.3 Å². The molecule has 0 amide bonds. The van der Waals surface area contributed by atoms with E-state index in [1.54, 1.807) is 14.2 Å². The van der Waals surface area contributed by atoms with E-state index < -0.39 is 0 Å². The smallest absolute Gasteiger partial charge is 0.182 e. The maximum absolute atomic E-state index is 13.2. The van der Waals surface area contributed by atoms with Crippen LogP contribution in [0.25, 0.3) is 22.4 Å². The van der Waals surface area contributed by atoms with Crippen molar-refractivity contribution in [2.24, 2.45) is 5.92 Å². The van der Waals surface area contributed by atoms with Gasteiger partial charge in [0.15, 0.2) is 17.3 Å². The lowest BCUT2D eigenvalue weighted by Crippen LogP contribution is -2.17. The van der Waals surface area contributed by atoms with Gasteiger partial charge in [-0.2, -0.15) is 0 Å². The Hall–Kier alpha value is -3.01. The quantitative estimate of drug-likeness (QED) is 0.592. The number of hydrogen-bond donors (Lipinski definition) is 0. The van der Waals surface area contributed by atoms with Crippen molar-refractivity contribution in [1.82, 2.24) is 4.57 Å². The summed E-state index contributed by atoms with van der Waals surface area (Å²) in [7, 11) is 3.32. The second kappa shape index (κ2) is 6.55. The van der Waals surface area contributed by atoms with Crippen LogP contribution in [0.5, 0.6) is 11.5 Å². The van der Waals surface area contributed by atoms with Crippen LogP contribution in [0, 0.1) is 5.92 Å². The fourth-order valence-corrected chi connectivity index (χ4v) is 4.25. The first-order valence-corrected chi connectivity index (χ1v) is 9.79. The molecule has 142 valence electrons. The third-order valence-corrected chi connectivity index (χ3v) is 5.85. The van der Waals surface area contributed by atoms with Crippen molar-refractivity contribution in [2.75, 3.05) is 14.2 Å². The highest BCUT2D eigenvalue weighted by molar-refractivity contribution is 6.05. The lowest BCUT2D eigenvalue weighted by molar-refractivity contribution is 0.0959. The standard InChI is InChI=1S/C24H23NO3/c1-27-21-12-17-10-11-25-20(18(17)14-22(21)28-2)13-19(15-6-4-3-5-7-15)23(25)24(26)16-8-9-16/h3-7,12-14,16H,8-11H2,1-2H3. The van der Waals surface area contributed by atoms with Crippen LogP contribution in [0.4, 0.5) is 0 Å². The molecule has 4 heteroatoms. The minimum Gasteiger partial charge on any atom is -0.493 e. The van der Waals surface area contributed by atoms with Gasteiger partial charge in [-0.1, -0.05) is 30.3 Å². The Balaban J connectivity index is 1.73. The first kappa shape index (κ1) is 17.1. The number of benzene rings is 2. The molecular weight excluding hydrogens is 350 g/mol. The Bertz CT molecular complexity index is 1060. The number of carbonyl (C=O) groups is 1. The molecule has 2 heterocycles. The van der Waals surface area contributed by atoms with E-state index in [1.807, 2.05) is 24.3 Å². The number of methoxy groups -OCH3 is 2. The fourth-order valence-electron chi connectivity index (χ4n) is 4.25. The lowest BCUT2D eigenvalue weighted by Gasteiger charge is -2.23. The highest BCUT2D eigenvalue weighted by Gasteiger charge is 2.36. The van der Waals surface area contributed by atoms with Crippen molar-refractivity contribution in [1.29, 1.82) is 0 Å². The molecule has 1 saturated carbocycles. The number of aromatic nitrogens is 1. The van der Waals surface area contributed by atoms with Crippen molar-refractivity contribution in [3.8, 4) is 33.9 Å². The number of carbonyl (C=O) groups excluding carboxylic acids is 1. The molecule has 0 spiro atoms. The molecule has 1 fully saturated rings. The molecule has 1 aliphatic carbocycles. The largest absolute Gasteiger partial charge is 0.493 e. The molecule has 0 radical (unpaired) electrons. The number of rotatable bonds is 5. The molecule has 0 atom stereocenters. The average molecular weight is 373 g/mol. The Morgan fingerprint density at radius 3 is 2.36 bits per heavy atom. The van der Waals surface area contributed by atoms with Crippen molar-refractivity contribution in [3.05, 3.63) is 59.8 Å². The summed E-state index contributed by atoms with van der Waals surface area (Å²) in [6.45, 7) is 0.804. The van der Waals surface area contributed by atoms with Gasteiger partial charge < -0.3 is 14.0 Å². The van der Waals surface area contributed by atoms with Gasteiger partial charge in [0.1, 0.15) is 0 Å². The minimum absolute atomic E-state index is 0.188. The molecule has 0 N–H and O–H groups in total. The summed E-state index contributed by atoms with van der Waals surface area (Å²) in [6.07, 6.45) is 2.89. The molecule has 4 nitrogen and oxygen atoms in total. The van der Waals surface area contributed by atoms with Crippen LogP contribution < -0.4 is 9.47 Å². The van der Waals surface area contributed by atoms with E-state index >= 15 is 0 Å². The number of hydrogen-bond acceptors (Lipinski definition) is 3. The van der Waals surface area contributed by atoms with Crippen molar-refractivity contribution in [3.63, 3.8) is 0 Å². The van der Waals surface area contributed by atoms with E-state index in [9.17, 15) is 4.79 Å². The van der Waals surface area contributed by atoms with Crippen LogP contribution in [-0.4, -0.2) is 24.6 Å². The van der Waals surface area contributed by atoms with E-state index in [-0.39, 0.29) is 11.7 Å². The van der Waals surface area contributed by atoms with Crippen LogP contribution >= 0.6 is 0 Å². The highest BCUT2D eigenvalue weighted by Crippen LogP contribution is 2.44. The van der Waals surface area contributed by atoms with Crippen molar-refractivity contribution in [2.45, 2.75) is 25.8 Å². The summed E-state index contributed by atoms with van der Waals surface area (Å²) in [5.74, 6) is 1.94. The molecule has 3 aromatic rings. The van der Waals surface area contributed by atoms with Gasteiger partial charge in [0.2, 0.25) is 0 Å². The number of ketones is 1. The zero-order valence-corrected chi connectivity index (χ0v) is 16.2. The normalized spacial score (nSPS) is 14.9. The van der Waals surface area contributed by atoms with Gasteiger partial charge in [0, 0.05) is 29.3 Å². The van der Waals surface area contributed by atoms with Gasteiger partial charge in [-0.3, -0.25) is 4.79 Å². The summed E-state index contributed by atoms with van der Waals surface area (Å²) in [4.78, 5) is 13.2. The van der Waals surface area contributed by atoms with Gasteiger partial charge in [-0.15, -0.1) is 0 Å². The van der Waals surface area contributed by atoms with E-state index in [2.05, 4.69) is 28.8 Å². The predicted octanol–water partition coefficient (Wildman–Crippen LogP) is 4.99. The van der Waals surface area contributed by atoms with E-state index in [4.69, 9.17) is 9.47 Å². The highest BCUT2D eigenvalue weighted by atomic mass is 16.5. The number of ether oxygens (including phenoxy) is 2. The number of aryl methyl sites for hydroxylation is 1. The van der Waals surface area contributed by atoms with Gasteiger partial charge in [0.25, 0.3) is 0 Å². The molecule has 1 aromatic heterocycles. The van der Waals surface area contributed by atoms with Crippen LogP contribution in [0.15, 0.2) is 48.5 Å². The monoisotopic (exact) mass is 373 g/mol. The second-order valence-electron chi connectivity index (χ2n) is 7.56. The van der Waals surface area contributed by atoms with Crippen molar-refractivity contribution >= 4 is 5.78 Å². The fraction of sp³-hybridized carbons (Fsp3) is 0.292. The topological polar surface area (TPSA) is 40.5 Å². The third kappa shape index (κ3) is 2.63. The van der Waals surface area contributed by atoms with Gasteiger partial charge >= 0.3 is 0 Å². The average Bonchev–Trinajstić information content (AvgIpc) is 3.52. The summed E-state index contributed by atoms with van der Waals surface area (Å²) < 4.78 is 13.2. The first-order chi connectivity index (χ1) is 13.7. The molecule has 0 saturated heterocycles. The summed E-state index contributed by atoms with van der Waals surface area (Å²) in [5.41, 5.74) is 6.43. The Morgan fingerprint density at radius 2 is 1.68 bits per heavy atom. The maximum Gasteiger partial charge on any atom is 0.182 e. The third-order valence-electron chi connectivity index (χ3n) is 5.85. The van der Waals surface area contributed by atoms with Gasteiger partial charge in [0.05, 0.1) is 19.9 Å². The molecule has 0 bridgehead atoms. The number of fused-ring (bicyclic) bond motifs is 3. The molecule has 0 unspecified atom stereocenters. The Labute approximate surface area is 164 Å². The maximum atomic E-state index is 13.2. The zero-order valence-electron chi connectivity index (χ0n) is 16.2. The summed E-state index contributed by atoms with van der Waals surface area (Å²) in [6, 6.07) is 16.5. The minimum atomic E-state index is 0.188. The van der Waals surface area contributed by atoms with Crippen LogP contribution in [0.2, 0.25) is 0 Å². The summed E-state index contributed by atoms with van der Waals surface area (Å²) in [5, 5.41) is 0. The molecule has 2 aromatic carbocycles. The molecular formula is C24H23NO3. The summed E-state index contributed by atoms with van der Waals surface area (Å²) >= 11 is 0.